The van der Waals surface area contributed by atoms with Gasteiger partial charge in [0, 0.05) is 43.8 Å². The fourth-order valence-corrected chi connectivity index (χ4v) is 5.68. The van der Waals surface area contributed by atoms with E-state index in [0.717, 1.165) is 50.4 Å². The number of furan rings is 1. The van der Waals surface area contributed by atoms with Gasteiger partial charge in [-0.1, -0.05) is 11.6 Å². The molecule has 30 heavy (non-hydrogen) atoms. The lowest BCUT2D eigenvalue weighted by molar-refractivity contribution is -0.123. The maximum absolute atomic E-state index is 11.4. The van der Waals surface area contributed by atoms with Crippen LogP contribution >= 0.6 is 0 Å². The van der Waals surface area contributed by atoms with E-state index in [1.54, 1.807) is 6.92 Å². The fraction of sp³-hybridized carbons (Fsp3) is 0.565. The lowest BCUT2D eigenvalue weighted by Gasteiger charge is -2.29. The van der Waals surface area contributed by atoms with Crippen LogP contribution in [0.2, 0.25) is 0 Å². The number of carboxylic acid groups (broad SMARTS) is 1. The van der Waals surface area contributed by atoms with Gasteiger partial charge in [0.2, 0.25) is 5.91 Å². The monoisotopic (exact) mass is 414 g/mol. The largest absolute Gasteiger partial charge is 0.483 e. The van der Waals surface area contributed by atoms with Crippen LogP contribution < -0.4 is 5.32 Å². The molecule has 2 bridgehead atoms. The van der Waals surface area contributed by atoms with Crippen molar-refractivity contribution in [3.8, 4) is 0 Å². The summed E-state index contributed by atoms with van der Waals surface area (Å²) in [5.74, 6) is 2.07. The summed E-state index contributed by atoms with van der Waals surface area (Å²) in [5, 5.41) is 11.1. The Bertz CT molecular complexity index is 954. The fourth-order valence-electron chi connectivity index (χ4n) is 5.68. The van der Waals surface area contributed by atoms with Crippen LogP contribution in [0.4, 0.5) is 0 Å². The first-order valence-corrected chi connectivity index (χ1v) is 10.6. The molecule has 7 heteroatoms. The highest BCUT2D eigenvalue weighted by Crippen LogP contribution is 2.54. The average molecular weight is 415 g/mol. The second-order valence-corrected chi connectivity index (χ2v) is 8.89. The topological polar surface area (TPSA) is 92.0 Å². The van der Waals surface area contributed by atoms with E-state index in [1.165, 1.54) is 16.5 Å². The van der Waals surface area contributed by atoms with Crippen molar-refractivity contribution < 1.29 is 23.8 Å². The van der Waals surface area contributed by atoms with E-state index in [0.29, 0.717) is 17.9 Å². The molecule has 162 valence electrons. The van der Waals surface area contributed by atoms with Gasteiger partial charge in [0.15, 0.2) is 0 Å². The molecule has 4 atom stereocenters. The SMILES string of the molecule is CC(=O)NC[C@H]1[C@H]2CN(Cc3oc4ccc(C)cc4c3C)C[C@]23CC[C@H]1O3.O=CO. The molecule has 5 rings (SSSR count). The van der Waals surface area contributed by atoms with Crippen LogP contribution in [-0.2, 0) is 20.9 Å². The molecule has 0 radical (unpaired) electrons. The number of nitrogens with one attached hydrogen (secondary N) is 1. The zero-order chi connectivity index (χ0) is 21.5. The lowest BCUT2D eigenvalue weighted by atomic mass is 9.73. The molecule has 0 unspecified atom stereocenters. The molecule has 2 aromatic rings. The quantitative estimate of drug-likeness (QED) is 0.748. The van der Waals surface area contributed by atoms with Gasteiger partial charge in [-0.2, -0.15) is 0 Å². The van der Waals surface area contributed by atoms with E-state index >= 15 is 0 Å². The molecule has 3 aliphatic rings. The third-order valence-electron chi connectivity index (χ3n) is 7.00. The molecule has 0 aliphatic carbocycles. The summed E-state index contributed by atoms with van der Waals surface area (Å²) in [7, 11) is 0. The molecular weight excluding hydrogens is 384 g/mol. The number of benzene rings is 1. The number of nitrogens with zero attached hydrogens (tertiary/aromatic N) is 1. The summed E-state index contributed by atoms with van der Waals surface area (Å²) >= 11 is 0. The summed E-state index contributed by atoms with van der Waals surface area (Å²) in [6, 6.07) is 6.39. The molecule has 2 N–H and O–H groups in total. The number of likely N-dealkylation sites (tertiary alicyclic amines) is 1. The molecule has 3 aliphatic heterocycles. The molecule has 0 saturated carbocycles. The second-order valence-electron chi connectivity index (χ2n) is 8.89. The van der Waals surface area contributed by atoms with Crippen molar-refractivity contribution in [1.29, 1.82) is 0 Å². The van der Waals surface area contributed by atoms with Crippen LogP contribution in [0.1, 0.15) is 36.7 Å². The Balaban J connectivity index is 0.000000687. The number of ether oxygens (including phenoxy) is 1. The van der Waals surface area contributed by atoms with Crippen molar-refractivity contribution in [2.24, 2.45) is 11.8 Å². The van der Waals surface area contributed by atoms with Gasteiger partial charge < -0.3 is 19.6 Å². The summed E-state index contributed by atoms with van der Waals surface area (Å²) in [5.41, 5.74) is 3.48. The normalized spacial score (nSPS) is 29.5. The van der Waals surface area contributed by atoms with Crippen LogP contribution in [0.25, 0.3) is 11.0 Å². The summed E-state index contributed by atoms with van der Waals surface area (Å²) in [6.45, 7) is 9.20. The van der Waals surface area contributed by atoms with Crippen LogP contribution in [0.5, 0.6) is 0 Å². The standard InChI is InChI=1S/C22H28N2O3.CH2O2/c1-13-4-5-19-16(8-13)14(2)21(26-19)11-24-10-18-17(9-23-15(3)25)20-6-7-22(18,12-24)27-20;2-1-3/h4-5,8,17-18,20H,6-7,9-12H2,1-3H3,(H,23,25);1H,(H,2,3)/t17-,18+,20+,22+;/m0./s1. The number of hydrogen-bond acceptors (Lipinski definition) is 5. The summed E-state index contributed by atoms with van der Waals surface area (Å²) in [4.78, 5) is 22.2. The van der Waals surface area contributed by atoms with Crippen molar-refractivity contribution in [2.45, 2.75) is 51.9 Å². The molecule has 1 aromatic carbocycles. The number of carbonyl (C=O) groups is 2. The first-order valence-electron chi connectivity index (χ1n) is 10.6. The van der Waals surface area contributed by atoms with Crippen molar-refractivity contribution >= 4 is 23.3 Å². The third-order valence-corrected chi connectivity index (χ3v) is 7.00. The Labute approximate surface area is 176 Å². The van der Waals surface area contributed by atoms with E-state index < -0.39 is 0 Å². The number of aryl methyl sites for hydroxylation is 2. The van der Waals surface area contributed by atoms with Gasteiger partial charge in [0.1, 0.15) is 11.3 Å². The van der Waals surface area contributed by atoms with Gasteiger partial charge in [-0.05, 0) is 44.4 Å². The van der Waals surface area contributed by atoms with E-state index in [4.69, 9.17) is 19.1 Å². The molecule has 4 heterocycles. The highest BCUT2D eigenvalue weighted by Gasteiger charge is 2.62. The first-order chi connectivity index (χ1) is 14.4. The number of carbonyl (C=O) groups excluding carboxylic acids is 1. The molecule has 3 fully saturated rings. The number of fused-ring (bicyclic) bond motifs is 2. The van der Waals surface area contributed by atoms with Gasteiger partial charge in [0.05, 0.1) is 18.2 Å². The molecule has 1 amide bonds. The predicted octanol–water partition coefficient (Wildman–Crippen LogP) is 2.87. The van der Waals surface area contributed by atoms with Gasteiger partial charge >= 0.3 is 0 Å². The number of amides is 1. The second kappa shape index (κ2) is 8.04. The van der Waals surface area contributed by atoms with Crippen LogP contribution in [0, 0.1) is 25.7 Å². The minimum absolute atomic E-state index is 0.00961. The maximum atomic E-state index is 11.4. The summed E-state index contributed by atoms with van der Waals surface area (Å²) in [6.07, 6.45) is 2.59. The molecule has 3 saturated heterocycles. The smallest absolute Gasteiger partial charge is 0.290 e. The third kappa shape index (κ3) is 3.61. The zero-order valence-corrected chi connectivity index (χ0v) is 17.8. The Kier molecular flexibility index (Phi) is 5.59. The van der Waals surface area contributed by atoms with Crippen molar-refractivity contribution in [3.05, 3.63) is 35.1 Å². The predicted molar refractivity (Wildman–Crippen MR) is 112 cm³/mol. The van der Waals surface area contributed by atoms with E-state index in [-0.39, 0.29) is 18.0 Å². The van der Waals surface area contributed by atoms with Crippen LogP contribution in [0.15, 0.2) is 22.6 Å². The average Bonchev–Trinajstić information content (AvgIpc) is 3.41. The minimum Gasteiger partial charge on any atom is -0.483 e. The van der Waals surface area contributed by atoms with Gasteiger partial charge in [0.25, 0.3) is 6.47 Å². The highest BCUT2D eigenvalue weighted by atomic mass is 16.5. The molecule has 1 aromatic heterocycles. The Morgan fingerprint density at radius 2 is 2.17 bits per heavy atom. The zero-order valence-electron chi connectivity index (χ0n) is 17.8. The van der Waals surface area contributed by atoms with Gasteiger partial charge in [-0.3, -0.25) is 14.5 Å². The van der Waals surface area contributed by atoms with Crippen LogP contribution in [-0.4, -0.2) is 53.7 Å². The molecule has 1 spiro atoms. The van der Waals surface area contributed by atoms with Crippen molar-refractivity contribution in [3.63, 3.8) is 0 Å². The lowest BCUT2D eigenvalue weighted by Crippen LogP contribution is -2.41. The highest BCUT2D eigenvalue weighted by molar-refractivity contribution is 5.82. The Hall–Kier alpha value is -2.38. The molecular formula is C23H30N2O5. The van der Waals surface area contributed by atoms with E-state index in [9.17, 15) is 4.79 Å². The maximum Gasteiger partial charge on any atom is 0.290 e. The Morgan fingerprint density at radius 1 is 1.40 bits per heavy atom. The van der Waals surface area contributed by atoms with Gasteiger partial charge in [-0.15, -0.1) is 0 Å². The van der Waals surface area contributed by atoms with Crippen LogP contribution in [0.3, 0.4) is 0 Å². The number of hydrogen-bond donors (Lipinski definition) is 2. The number of rotatable bonds is 4. The van der Waals surface area contributed by atoms with E-state index in [1.807, 2.05) is 0 Å². The van der Waals surface area contributed by atoms with E-state index in [2.05, 4.69) is 42.3 Å². The van der Waals surface area contributed by atoms with Gasteiger partial charge in [-0.25, -0.2) is 0 Å². The van der Waals surface area contributed by atoms with Crippen molar-refractivity contribution in [2.75, 3.05) is 19.6 Å². The Morgan fingerprint density at radius 3 is 2.90 bits per heavy atom. The first kappa shape index (κ1) is 20.9. The van der Waals surface area contributed by atoms with Crippen molar-refractivity contribution in [1.82, 2.24) is 10.2 Å². The molecule has 7 nitrogen and oxygen atoms in total. The summed E-state index contributed by atoms with van der Waals surface area (Å²) < 4.78 is 12.7. The minimum atomic E-state index is -0.250.